The molecule has 1 nitrogen and oxygen atoms in total. The summed E-state index contributed by atoms with van der Waals surface area (Å²) in [5.74, 6) is 0. The zero-order chi connectivity index (χ0) is 14.5. The Kier molecular flexibility index (Phi) is 6.00. The minimum Gasteiger partial charge on any atom is -1.00 e. The quantitative estimate of drug-likeness (QED) is 0.726. The van der Waals surface area contributed by atoms with Gasteiger partial charge < -0.3 is 17.7 Å². The van der Waals surface area contributed by atoms with Crippen LogP contribution in [0.1, 0.15) is 30.5 Å². The highest BCUT2D eigenvalue weighted by atomic mass is 35.5. The average Bonchev–Trinajstić information content (AvgIpc) is 2.56. The van der Waals surface area contributed by atoms with Gasteiger partial charge in [0.2, 0.25) is 0 Å². The van der Waals surface area contributed by atoms with Crippen LogP contribution in [0.4, 0.5) is 0 Å². The van der Waals surface area contributed by atoms with Crippen molar-refractivity contribution in [3.63, 3.8) is 0 Å². The lowest BCUT2D eigenvalue weighted by Gasteiger charge is -2.16. The fraction of sp³-hybridized carbons (Fsp3) is 0.200. The van der Waals surface area contributed by atoms with E-state index in [0.717, 1.165) is 13.0 Å². The smallest absolute Gasteiger partial charge is 0.112 e. The molecule has 0 radical (unpaired) electrons. The fourth-order valence-electron chi connectivity index (χ4n) is 2.98. The Balaban J connectivity index is 0.00000176. The molecule has 0 bridgehead atoms. The Labute approximate surface area is 138 Å². The highest BCUT2D eigenvalue weighted by molar-refractivity contribution is 5.85. The van der Waals surface area contributed by atoms with E-state index < -0.39 is 0 Å². The Bertz CT molecular complexity index is 704. The molecule has 0 fully saturated rings. The van der Waals surface area contributed by atoms with Gasteiger partial charge in [0, 0.05) is 17.5 Å². The molecule has 0 aromatic heterocycles. The van der Waals surface area contributed by atoms with Gasteiger partial charge in [-0.1, -0.05) is 79.7 Å². The van der Waals surface area contributed by atoms with Crippen LogP contribution >= 0.6 is 0 Å². The third kappa shape index (κ3) is 3.68. The van der Waals surface area contributed by atoms with Crippen LogP contribution in [0.25, 0.3) is 10.8 Å². The number of benzene rings is 3. The number of hydrogen-bond acceptors (Lipinski definition) is 0. The minimum atomic E-state index is 0. The SMILES string of the molecule is CCC([NH2+]Cc1ccccc1)c1cccc2ccccc12.[Cl-]. The molecular formula is C20H22ClN. The predicted molar refractivity (Wildman–Crippen MR) is 89.1 cm³/mol. The number of quaternary nitrogens is 1. The van der Waals surface area contributed by atoms with Crippen molar-refractivity contribution in [1.82, 2.24) is 0 Å². The molecule has 22 heavy (non-hydrogen) atoms. The van der Waals surface area contributed by atoms with E-state index in [9.17, 15) is 0 Å². The topological polar surface area (TPSA) is 16.6 Å². The maximum Gasteiger partial charge on any atom is 0.112 e. The molecule has 0 amide bonds. The van der Waals surface area contributed by atoms with E-state index in [2.05, 4.69) is 85.0 Å². The second-order valence-electron chi connectivity index (χ2n) is 5.51. The lowest BCUT2D eigenvalue weighted by molar-refractivity contribution is -0.711. The number of rotatable bonds is 5. The van der Waals surface area contributed by atoms with E-state index >= 15 is 0 Å². The number of hydrogen-bond donors (Lipinski definition) is 1. The lowest BCUT2D eigenvalue weighted by Crippen LogP contribution is -3.00. The molecule has 0 aliphatic rings. The molecular weight excluding hydrogens is 290 g/mol. The van der Waals surface area contributed by atoms with Crippen molar-refractivity contribution in [1.29, 1.82) is 0 Å². The third-order valence-electron chi connectivity index (χ3n) is 4.14. The Hall–Kier alpha value is -1.83. The van der Waals surface area contributed by atoms with Crippen molar-refractivity contribution in [3.8, 4) is 0 Å². The van der Waals surface area contributed by atoms with E-state index in [1.165, 1.54) is 21.9 Å². The van der Waals surface area contributed by atoms with Crippen LogP contribution in [0.5, 0.6) is 0 Å². The summed E-state index contributed by atoms with van der Waals surface area (Å²) < 4.78 is 0. The molecule has 3 rings (SSSR count). The van der Waals surface area contributed by atoms with E-state index in [1.54, 1.807) is 0 Å². The first-order chi connectivity index (χ1) is 10.4. The minimum absolute atomic E-state index is 0. The third-order valence-corrected chi connectivity index (χ3v) is 4.14. The average molecular weight is 312 g/mol. The summed E-state index contributed by atoms with van der Waals surface area (Å²) in [5, 5.41) is 5.18. The highest BCUT2D eigenvalue weighted by Crippen LogP contribution is 2.24. The summed E-state index contributed by atoms with van der Waals surface area (Å²) in [6, 6.07) is 26.5. The van der Waals surface area contributed by atoms with E-state index in [1.807, 2.05) is 0 Å². The molecule has 0 aliphatic carbocycles. The fourth-order valence-corrected chi connectivity index (χ4v) is 2.98. The summed E-state index contributed by atoms with van der Waals surface area (Å²) in [6.45, 7) is 3.30. The standard InChI is InChI=1S/C20H21N.ClH/c1-2-20(21-15-16-9-4-3-5-10-16)19-14-8-12-17-11-6-7-13-18(17)19;/h3-14,20-21H,2,15H2,1H3;1H. The van der Waals surface area contributed by atoms with Gasteiger partial charge in [-0.25, -0.2) is 0 Å². The second-order valence-corrected chi connectivity index (χ2v) is 5.51. The van der Waals surface area contributed by atoms with Crippen molar-refractivity contribution in [2.75, 3.05) is 0 Å². The maximum atomic E-state index is 2.46. The van der Waals surface area contributed by atoms with Gasteiger partial charge in [-0.3, -0.25) is 0 Å². The largest absolute Gasteiger partial charge is 1.00 e. The van der Waals surface area contributed by atoms with Crippen molar-refractivity contribution in [2.45, 2.75) is 25.9 Å². The summed E-state index contributed by atoms with van der Waals surface area (Å²) in [6.07, 6.45) is 1.14. The number of halogens is 1. The van der Waals surface area contributed by atoms with Gasteiger partial charge in [0.1, 0.15) is 12.6 Å². The van der Waals surface area contributed by atoms with Crippen molar-refractivity contribution >= 4 is 10.8 Å². The van der Waals surface area contributed by atoms with Crippen LogP contribution in [-0.4, -0.2) is 0 Å². The molecule has 114 valence electrons. The van der Waals surface area contributed by atoms with E-state index in [-0.39, 0.29) is 12.4 Å². The van der Waals surface area contributed by atoms with E-state index in [4.69, 9.17) is 0 Å². The lowest BCUT2D eigenvalue weighted by atomic mass is 9.97. The Morgan fingerprint density at radius 2 is 1.50 bits per heavy atom. The molecule has 2 N–H and O–H groups in total. The van der Waals surface area contributed by atoms with Gasteiger partial charge in [0.15, 0.2) is 0 Å². The zero-order valence-electron chi connectivity index (χ0n) is 12.9. The van der Waals surface area contributed by atoms with Gasteiger partial charge in [0.25, 0.3) is 0 Å². The predicted octanol–water partition coefficient (Wildman–Crippen LogP) is 1.06. The zero-order valence-corrected chi connectivity index (χ0v) is 13.6. The van der Waals surface area contributed by atoms with Crippen LogP contribution < -0.4 is 17.7 Å². The molecule has 3 aromatic rings. The van der Waals surface area contributed by atoms with Crippen LogP contribution in [0.2, 0.25) is 0 Å². The molecule has 1 atom stereocenters. The van der Waals surface area contributed by atoms with Crippen molar-refractivity contribution in [3.05, 3.63) is 83.9 Å². The van der Waals surface area contributed by atoms with Crippen molar-refractivity contribution < 1.29 is 17.7 Å². The summed E-state index contributed by atoms with van der Waals surface area (Å²) in [5.41, 5.74) is 2.84. The summed E-state index contributed by atoms with van der Waals surface area (Å²) in [4.78, 5) is 0. The summed E-state index contributed by atoms with van der Waals surface area (Å²) in [7, 11) is 0. The van der Waals surface area contributed by atoms with Gasteiger partial charge in [-0.2, -0.15) is 0 Å². The van der Waals surface area contributed by atoms with E-state index in [0.29, 0.717) is 6.04 Å². The molecule has 3 aromatic carbocycles. The summed E-state index contributed by atoms with van der Waals surface area (Å²) >= 11 is 0. The van der Waals surface area contributed by atoms with Crippen LogP contribution in [0.15, 0.2) is 72.8 Å². The molecule has 0 saturated heterocycles. The van der Waals surface area contributed by atoms with Crippen LogP contribution in [0.3, 0.4) is 0 Å². The molecule has 0 heterocycles. The van der Waals surface area contributed by atoms with Gasteiger partial charge >= 0.3 is 0 Å². The molecule has 1 unspecified atom stereocenters. The highest BCUT2D eigenvalue weighted by Gasteiger charge is 2.15. The van der Waals surface area contributed by atoms with Crippen molar-refractivity contribution in [2.24, 2.45) is 0 Å². The van der Waals surface area contributed by atoms with Crippen LogP contribution in [0, 0.1) is 0 Å². The molecule has 2 heteroatoms. The van der Waals surface area contributed by atoms with Gasteiger partial charge in [0.05, 0.1) is 0 Å². The van der Waals surface area contributed by atoms with Gasteiger partial charge in [-0.15, -0.1) is 0 Å². The number of fused-ring (bicyclic) bond motifs is 1. The van der Waals surface area contributed by atoms with Crippen LogP contribution in [-0.2, 0) is 6.54 Å². The first-order valence-electron chi connectivity index (χ1n) is 7.73. The normalized spacial score (nSPS) is 11.9. The monoisotopic (exact) mass is 311 g/mol. The second kappa shape index (κ2) is 7.98. The molecule has 0 spiro atoms. The molecule has 0 saturated carbocycles. The van der Waals surface area contributed by atoms with Gasteiger partial charge in [-0.05, 0) is 10.8 Å². The first kappa shape index (κ1) is 16.5. The number of nitrogens with two attached hydrogens (primary N) is 1. The first-order valence-corrected chi connectivity index (χ1v) is 7.73. The Morgan fingerprint density at radius 3 is 2.27 bits per heavy atom. The maximum absolute atomic E-state index is 2.46. The Morgan fingerprint density at radius 1 is 0.818 bits per heavy atom. The molecule has 0 aliphatic heterocycles.